The highest BCUT2D eigenvalue weighted by atomic mass is 16.7. The van der Waals surface area contributed by atoms with Crippen molar-refractivity contribution in [1.82, 2.24) is 0 Å². The molecule has 280 valence electrons. The molecule has 0 saturated heterocycles. The molecule has 0 spiro atoms. The lowest BCUT2D eigenvalue weighted by Crippen LogP contribution is -2.31. The van der Waals surface area contributed by atoms with Crippen LogP contribution in [0.1, 0.15) is 90.2 Å². The highest BCUT2D eigenvalue weighted by Crippen LogP contribution is 2.45. The topological polar surface area (TPSA) is 121 Å². The van der Waals surface area contributed by atoms with Gasteiger partial charge < -0.3 is 28.8 Å². The molecule has 2 unspecified atom stereocenters. The SMILES string of the molecule is C=CCOC(=O)O[C@H](C)CC(=O)C1C(C(=O)OCC=C)=C(COCOc2cc(CCCCC)cc(O)c2[C@@H]2C=C(C)CC[C@H]2[N+](=C)C)[C@H](C)C1C. The van der Waals surface area contributed by atoms with Gasteiger partial charge in [-0.25, -0.2) is 14.2 Å². The maximum Gasteiger partial charge on any atom is 0.508 e. The number of benzene rings is 1. The van der Waals surface area contributed by atoms with Gasteiger partial charge in [-0.05, 0) is 68.2 Å². The number of nitrogens with zero attached hydrogens (tertiary/aromatic N) is 1. The van der Waals surface area contributed by atoms with E-state index in [9.17, 15) is 19.5 Å². The molecule has 51 heavy (non-hydrogen) atoms. The van der Waals surface area contributed by atoms with Gasteiger partial charge in [-0.3, -0.25) is 4.79 Å². The van der Waals surface area contributed by atoms with Gasteiger partial charge in [0.1, 0.15) is 50.4 Å². The van der Waals surface area contributed by atoms with Crippen LogP contribution in [-0.2, 0) is 35.0 Å². The van der Waals surface area contributed by atoms with E-state index in [-0.39, 0.29) is 73.9 Å². The van der Waals surface area contributed by atoms with Crippen LogP contribution < -0.4 is 4.74 Å². The van der Waals surface area contributed by atoms with Crippen LogP contribution in [0.4, 0.5) is 4.79 Å². The average molecular weight is 709 g/mol. The number of Topliss-reactive ketones (excluding diaryl/α,β-unsaturated/α-hetero) is 1. The van der Waals surface area contributed by atoms with E-state index in [4.69, 9.17) is 23.7 Å². The number of hydrogen-bond donors (Lipinski definition) is 1. The summed E-state index contributed by atoms with van der Waals surface area (Å²) in [5.41, 5.74) is 3.83. The molecule has 0 amide bonds. The Kier molecular flexibility index (Phi) is 16.2. The van der Waals surface area contributed by atoms with Gasteiger partial charge in [0.25, 0.3) is 0 Å². The smallest absolute Gasteiger partial charge is 0.507 e. The first kappa shape index (κ1) is 41.2. The van der Waals surface area contributed by atoms with Gasteiger partial charge in [0, 0.05) is 24.0 Å². The van der Waals surface area contributed by atoms with E-state index in [2.05, 4.69) is 39.8 Å². The number of rotatable bonds is 20. The normalized spacial score (nSPS) is 22.1. The molecule has 0 heterocycles. The summed E-state index contributed by atoms with van der Waals surface area (Å²) in [7, 11) is 1.95. The van der Waals surface area contributed by atoms with Crippen LogP contribution in [0.5, 0.6) is 11.5 Å². The average Bonchev–Trinajstić information content (AvgIpc) is 3.33. The quantitative estimate of drug-likeness (QED) is 0.0364. The molecule has 10 heteroatoms. The molecule has 6 atom stereocenters. The molecule has 3 rings (SSSR count). The largest absolute Gasteiger partial charge is 0.508 e. The van der Waals surface area contributed by atoms with E-state index in [0.29, 0.717) is 16.9 Å². The fraction of sp³-hybridized carbons (Fsp3) is 0.561. The Hall–Kier alpha value is -4.18. The van der Waals surface area contributed by atoms with Crippen LogP contribution in [0.3, 0.4) is 0 Å². The highest BCUT2D eigenvalue weighted by molar-refractivity contribution is 6.00. The lowest BCUT2D eigenvalue weighted by Gasteiger charge is -2.28. The molecule has 0 saturated carbocycles. The van der Waals surface area contributed by atoms with E-state index in [1.807, 2.05) is 37.6 Å². The number of unbranched alkanes of at least 4 members (excludes halogenated alkanes) is 2. The molecule has 10 nitrogen and oxygen atoms in total. The molecular weight excluding hydrogens is 650 g/mol. The Balaban J connectivity index is 1.87. The first-order chi connectivity index (χ1) is 24.3. The van der Waals surface area contributed by atoms with E-state index in [1.54, 1.807) is 6.92 Å². The lowest BCUT2D eigenvalue weighted by molar-refractivity contribution is -0.534. The number of esters is 1. The maximum absolute atomic E-state index is 13.7. The lowest BCUT2D eigenvalue weighted by atomic mass is 9.80. The van der Waals surface area contributed by atoms with Crippen molar-refractivity contribution >= 4 is 24.6 Å². The van der Waals surface area contributed by atoms with E-state index in [0.717, 1.165) is 44.1 Å². The van der Waals surface area contributed by atoms with Crippen LogP contribution in [0.15, 0.2) is 60.2 Å². The molecule has 0 aliphatic heterocycles. The van der Waals surface area contributed by atoms with Gasteiger partial charge in [-0.15, -0.1) is 0 Å². The van der Waals surface area contributed by atoms with Gasteiger partial charge in [0.2, 0.25) is 0 Å². The molecule has 0 fully saturated rings. The number of phenols is 1. The predicted molar refractivity (Wildman–Crippen MR) is 197 cm³/mol. The van der Waals surface area contributed by atoms with Crippen LogP contribution in [0.25, 0.3) is 0 Å². The van der Waals surface area contributed by atoms with Gasteiger partial charge in [-0.1, -0.05) is 70.6 Å². The first-order valence-corrected chi connectivity index (χ1v) is 18.1. The number of likely N-dealkylation sites (N-methyl/N-ethyl adjacent to an activating group) is 1. The fourth-order valence-electron chi connectivity index (χ4n) is 7.15. The van der Waals surface area contributed by atoms with Crippen LogP contribution in [-0.4, -0.2) is 80.1 Å². The maximum atomic E-state index is 13.7. The molecule has 2 aliphatic rings. The second-order valence-electron chi connectivity index (χ2n) is 13.9. The number of ether oxygens (including phenoxy) is 5. The van der Waals surface area contributed by atoms with Crippen LogP contribution in [0, 0.1) is 17.8 Å². The zero-order valence-corrected chi connectivity index (χ0v) is 31.4. The number of carbonyl (C=O) groups excluding carboxylic acids is 3. The number of hydrogen-bond acceptors (Lipinski definition) is 9. The Bertz CT molecular complexity index is 1490. The summed E-state index contributed by atoms with van der Waals surface area (Å²) in [5, 5.41) is 11.4. The van der Waals surface area contributed by atoms with Crippen molar-refractivity contribution in [2.75, 3.05) is 33.7 Å². The number of carbonyl (C=O) groups is 3. The summed E-state index contributed by atoms with van der Waals surface area (Å²) < 4.78 is 29.9. The zero-order valence-electron chi connectivity index (χ0n) is 31.4. The summed E-state index contributed by atoms with van der Waals surface area (Å²) in [6.45, 7) is 20.9. The number of allylic oxidation sites excluding steroid dienone is 1. The summed E-state index contributed by atoms with van der Waals surface area (Å²) in [6, 6.07) is 3.91. The van der Waals surface area contributed by atoms with Crippen molar-refractivity contribution in [2.45, 2.75) is 97.6 Å². The molecule has 2 aliphatic carbocycles. The molecule has 1 N–H and O–H groups in total. The third-order valence-electron chi connectivity index (χ3n) is 9.94. The van der Waals surface area contributed by atoms with E-state index in [1.165, 1.54) is 17.7 Å². The van der Waals surface area contributed by atoms with E-state index >= 15 is 0 Å². The van der Waals surface area contributed by atoms with Gasteiger partial charge in [0.05, 0.1) is 18.4 Å². The molecule has 1 aromatic carbocycles. The van der Waals surface area contributed by atoms with Crippen molar-refractivity contribution in [1.29, 1.82) is 0 Å². The standard InChI is InChI=1S/C41H57NO9/c1-10-13-14-15-30-22-35(44)38(31-20-26(4)16-17-33(31)42(8)9)36(23-30)50-25-47-24-32-28(6)29(7)37(39(32)40(45)48-18-11-2)34(43)21-27(5)51-41(46)49-19-12-3/h11-12,20,22-23,27-29,31,33,37H,2-3,8,10,13-19,21,24-25H2,1,4-7,9H3/p+1/t27-,28-,29?,31-,33-,37?/m1/s1. The Morgan fingerprint density at radius 3 is 2.47 bits per heavy atom. The number of aromatic hydroxyl groups is 1. The second kappa shape index (κ2) is 20.0. The summed E-state index contributed by atoms with van der Waals surface area (Å²) in [6.07, 6.45) is 9.13. The third kappa shape index (κ3) is 11.2. The van der Waals surface area contributed by atoms with Gasteiger partial charge >= 0.3 is 12.1 Å². The minimum absolute atomic E-state index is 0.00989. The predicted octanol–water partition coefficient (Wildman–Crippen LogP) is 7.63. The molecule has 1 aromatic rings. The summed E-state index contributed by atoms with van der Waals surface area (Å²) in [4.78, 5) is 39.1. The first-order valence-electron chi connectivity index (χ1n) is 18.1. The Morgan fingerprint density at radius 2 is 1.80 bits per heavy atom. The molecule has 0 bridgehead atoms. The van der Waals surface area contributed by atoms with Gasteiger partial charge in [-0.2, -0.15) is 0 Å². The zero-order chi connectivity index (χ0) is 37.7. The highest BCUT2D eigenvalue weighted by Gasteiger charge is 2.45. The minimum Gasteiger partial charge on any atom is -0.507 e. The summed E-state index contributed by atoms with van der Waals surface area (Å²) >= 11 is 0. The van der Waals surface area contributed by atoms with Crippen LogP contribution >= 0.6 is 0 Å². The van der Waals surface area contributed by atoms with Crippen molar-refractivity contribution in [3.8, 4) is 11.5 Å². The van der Waals surface area contributed by atoms with Gasteiger partial charge in [0.15, 0.2) is 12.8 Å². The van der Waals surface area contributed by atoms with Crippen molar-refractivity contribution < 1.29 is 47.7 Å². The Morgan fingerprint density at radius 1 is 1.10 bits per heavy atom. The van der Waals surface area contributed by atoms with Crippen molar-refractivity contribution in [2.24, 2.45) is 17.8 Å². The fourth-order valence-corrected chi connectivity index (χ4v) is 7.15. The Labute approximate surface area is 303 Å². The van der Waals surface area contributed by atoms with Crippen molar-refractivity contribution in [3.63, 3.8) is 0 Å². The number of ketones is 1. The van der Waals surface area contributed by atoms with E-state index < -0.39 is 24.1 Å². The monoisotopic (exact) mass is 708 g/mol. The molecule has 0 aromatic heterocycles. The molecule has 0 radical (unpaired) electrons. The third-order valence-corrected chi connectivity index (χ3v) is 9.94. The number of aryl methyl sites for hydroxylation is 1. The number of phenolic OH excluding ortho intramolecular Hbond substituents is 1. The molecular formula is C41H58NO9+. The van der Waals surface area contributed by atoms with Crippen LogP contribution in [0.2, 0.25) is 0 Å². The van der Waals surface area contributed by atoms with Crippen molar-refractivity contribution in [3.05, 3.63) is 71.4 Å². The second-order valence-corrected chi connectivity index (χ2v) is 13.9. The summed E-state index contributed by atoms with van der Waals surface area (Å²) in [5.74, 6) is -1.49. The minimum atomic E-state index is -0.898.